The van der Waals surface area contributed by atoms with E-state index in [1.165, 1.54) is 56.4 Å². The topological polar surface area (TPSA) is 24.9 Å². The van der Waals surface area contributed by atoms with Gasteiger partial charge in [-0.2, -0.15) is 0 Å². The van der Waals surface area contributed by atoms with Gasteiger partial charge in [0.15, 0.2) is 0 Å². The van der Waals surface area contributed by atoms with Gasteiger partial charge in [0.05, 0.1) is 12.7 Å². The van der Waals surface area contributed by atoms with E-state index in [2.05, 4.69) is 41.0 Å². The maximum Gasteiger partial charge on any atom is 0.0702 e. The Balaban J connectivity index is 1.52. The summed E-state index contributed by atoms with van der Waals surface area (Å²) in [4.78, 5) is 5.19. The van der Waals surface area contributed by atoms with Crippen molar-refractivity contribution in [3.63, 3.8) is 0 Å². The molecule has 4 heteroatoms. The molecule has 146 valence electrons. The third-order valence-corrected chi connectivity index (χ3v) is 5.85. The van der Waals surface area contributed by atoms with E-state index in [0.717, 1.165) is 38.8 Å². The van der Waals surface area contributed by atoms with Crippen molar-refractivity contribution >= 4 is 0 Å². The molecule has 0 bridgehead atoms. The van der Waals surface area contributed by atoms with Crippen LogP contribution >= 0.6 is 0 Å². The van der Waals surface area contributed by atoms with Crippen LogP contribution in [0.1, 0.15) is 36.8 Å². The second-order valence-corrected chi connectivity index (χ2v) is 8.09. The van der Waals surface area contributed by atoms with E-state index in [-0.39, 0.29) is 0 Å². The molecule has 1 unspecified atom stereocenters. The molecular formula is C22H36N2O2. The van der Waals surface area contributed by atoms with Crippen LogP contribution in [0.15, 0.2) is 24.3 Å². The Morgan fingerprint density at radius 3 is 2.54 bits per heavy atom. The fourth-order valence-electron chi connectivity index (χ4n) is 4.21. The first-order chi connectivity index (χ1) is 12.7. The van der Waals surface area contributed by atoms with Crippen molar-refractivity contribution in [2.24, 2.45) is 5.92 Å². The van der Waals surface area contributed by atoms with Crippen molar-refractivity contribution in [1.29, 1.82) is 0 Å². The largest absolute Gasteiger partial charge is 0.383 e. The molecular weight excluding hydrogens is 324 g/mol. The van der Waals surface area contributed by atoms with Gasteiger partial charge in [-0.15, -0.1) is 0 Å². The lowest BCUT2D eigenvalue weighted by Crippen LogP contribution is -2.41. The molecule has 26 heavy (non-hydrogen) atoms. The number of likely N-dealkylation sites (tertiary alicyclic amines) is 1. The molecule has 0 saturated carbocycles. The van der Waals surface area contributed by atoms with E-state index in [4.69, 9.17) is 9.47 Å². The molecule has 3 rings (SSSR count). The van der Waals surface area contributed by atoms with E-state index < -0.39 is 0 Å². The van der Waals surface area contributed by atoms with Gasteiger partial charge < -0.3 is 14.4 Å². The average Bonchev–Trinajstić information content (AvgIpc) is 3.16. The third-order valence-electron chi connectivity index (χ3n) is 5.85. The van der Waals surface area contributed by atoms with Crippen molar-refractivity contribution < 1.29 is 9.47 Å². The molecule has 2 aliphatic heterocycles. The molecule has 2 saturated heterocycles. The summed E-state index contributed by atoms with van der Waals surface area (Å²) in [5, 5.41) is 0. The van der Waals surface area contributed by atoms with E-state index in [1.54, 1.807) is 7.11 Å². The van der Waals surface area contributed by atoms with Crippen LogP contribution in [0.2, 0.25) is 0 Å². The van der Waals surface area contributed by atoms with Gasteiger partial charge in [0.2, 0.25) is 0 Å². The molecule has 1 atom stereocenters. The van der Waals surface area contributed by atoms with Gasteiger partial charge >= 0.3 is 0 Å². The summed E-state index contributed by atoms with van der Waals surface area (Å²) in [6.45, 7) is 10.8. The first-order valence-electron chi connectivity index (χ1n) is 10.3. The Hall–Kier alpha value is -0.940. The standard InChI is InChI=1S/C22H36N2O2/c1-19-5-7-20(8-6-19)16-24(18-22-4-3-14-26-22)17-21-9-11-23(12-10-21)13-15-25-2/h5-8,21-22H,3-4,9-18H2,1-2H3. The predicted octanol–water partition coefficient (Wildman–Crippen LogP) is 3.33. The first kappa shape index (κ1) is 19.8. The minimum atomic E-state index is 0.433. The molecule has 2 heterocycles. The van der Waals surface area contributed by atoms with E-state index in [0.29, 0.717) is 6.10 Å². The number of piperidine rings is 1. The van der Waals surface area contributed by atoms with Crippen LogP contribution in [-0.2, 0) is 16.0 Å². The Labute approximate surface area is 159 Å². The number of aryl methyl sites for hydroxylation is 1. The predicted molar refractivity (Wildman–Crippen MR) is 106 cm³/mol. The van der Waals surface area contributed by atoms with Crippen LogP contribution in [0.5, 0.6) is 0 Å². The van der Waals surface area contributed by atoms with E-state index in [1.807, 2.05) is 0 Å². The summed E-state index contributed by atoms with van der Waals surface area (Å²) in [6.07, 6.45) is 5.49. The van der Waals surface area contributed by atoms with Crippen molar-refractivity contribution in [3.8, 4) is 0 Å². The quantitative estimate of drug-likeness (QED) is 0.674. The zero-order valence-corrected chi connectivity index (χ0v) is 16.7. The Morgan fingerprint density at radius 1 is 1.12 bits per heavy atom. The third kappa shape index (κ3) is 6.34. The van der Waals surface area contributed by atoms with Crippen LogP contribution in [0.4, 0.5) is 0 Å². The molecule has 0 radical (unpaired) electrons. The Morgan fingerprint density at radius 2 is 1.88 bits per heavy atom. The Kier molecular flexibility index (Phi) is 7.93. The normalized spacial score (nSPS) is 22.3. The molecule has 0 N–H and O–H groups in total. The summed E-state index contributed by atoms with van der Waals surface area (Å²) >= 11 is 0. The summed E-state index contributed by atoms with van der Waals surface area (Å²) in [5.74, 6) is 0.806. The highest BCUT2D eigenvalue weighted by Crippen LogP contribution is 2.22. The highest BCUT2D eigenvalue weighted by atomic mass is 16.5. The van der Waals surface area contributed by atoms with Crippen molar-refractivity contribution in [3.05, 3.63) is 35.4 Å². The highest BCUT2D eigenvalue weighted by molar-refractivity contribution is 5.21. The van der Waals surface area contributed by atoms with Crippen molar-refractivity contribution in [2.75, 3.05) is 53.0 Å². The number of benzene rings is 1. The number of hydrogen-bond acceptors (Lipinski definition) is 4. The lowest BCUT2D eigenvalue weighted by atomic mass is 9.95. The smallest absolute Gasteiger partial charge is 0.0702 e. The number of ether oxygens (including phenoxy) is 2. The number of rotatable bonds is 9. The molecule has 4 nitrogen and oxygen atoms in total. The molecule has 0 amide bonds. The molecule has 0 aliphatic carbocycles. The molecule has 1 aromatic carbocycles. The summed E-state index contributed by atoms with van der Waals surface area (Å²) in [5.41, 5.74) is 2.76. The molecule has 0 aromatic heterocycles. The zero-order valence-electron chi connectivity index (χ0n) is 16.7. The molecule has 0 spiro atoms. The SMILES string of the molecule is COCCN1CCC(CN(Cc2ccc(C)cc2)CC2CCCO2)CC1. The van der Waals surface area contributed by atoms with Gasteiger partial charge in [-0.1, -0.05) is 29.8 Å². The van der Waals surface area contributed by atoms with Crippen LogP contribution in [-0.4, -0.2) is 69.0 Å². The molecule has 2 aliphatic rings. The van der Waals surface area contributed by atoms with E-state index in [9.17, 15) is 0 Å². The minimum absolute atomic E-state index is 0.433. The maximum atomic E-state index is 5.93. The van der Waals surface area contributed by atoms with Crippen LogP contribution in [0.25, 0.3) is 0 Å². The zero-order chi connectivity index (χ0) is 18.2. The van der Waals surface area contributed by atoms with Gasteiger partial charge in [0.25, 0.3) is 0 Å². The molecule has 2 fully saturated rings. The number of nitrogens with zero attached hydrogens (tertiary/aromatic N) is 2. The summed E-state index contributed by atoms with van der Waals surface area (Å²) in [7, 11) is 1.79. The van der Waals surface area contributed by atoms with Gasteiger partial charge in [0.1, 0.15) is 0 Å². The fraction of sp³-hybridized carbons (Fsp3) is 0.727. The van der Waals surface area contributed by atoms with Gasteiger partial charge in [-0.05, 0) is 57.2 Å². The van der Waals surface area contributed by atoms with Crippen LogP contribution < -0.4 is 0 Å². The molecule has 1 aromatic rings. The summed E-state index contributed by atoms with van der Waals surface area (Å²) < 4.78 is 11.1. The monoisotopic (exact) mass is 360 g/mol. The van der Waals surface area contributed by atoms with E-state index >= 15 is 0 Å². The van der Waals surface area contributed by atoms with Gasteiger partial charge in [0, 0.05) is 39.9 Å². The van der Waals surface area contributed by atoms with Gasteiger partial charge in [-0.3, -0.25) is 4.90 Å². The minimum Gasteiger partial charge on any atom is -0.383 e. The van der Waals surface area contributed by atoms with Crippen LogP contribution in [0, 0.1) is 12.8 Å². The van der Waals surface area contributed by atoms with Crippen molar-refractivity contribution in [1.82, 2.24) is 9.80 Å². The lowest BCUT2D eigenvalue weighted by molar-refractivity contribution is 0.0552. The highest BCUT2D eigenvalue weighted by Gasteiger charge is 2.24. The maximum absolute atomic E-state index is 5.93. The second kappa shape index (κ2) is 10.4. The van der Waals surface area contributed by atoms with Gasteiger partial charge in [-0.25, -0.2) is 0 Å². The average molecular weight is 361 g/mol. The number of hydrogen-bond donors (Lipinski definition) is 0. The summed E-state index contributed by atoms with van der Waals surface area (Å²) in [6, 6.07) is 9.03. The lowest BCUT2D eigenvalue weighted by Gasteiger charge is -2.35. The first-order valence-corrected chi connectivity index (χ1v) is 10.3. The second-order valence-electron chi connectivity index (χ2n) is 8.09. The Bertz CT molecular complexity index is 505. The number of methoxy groups -OCH3 is 1. The van der Waals surface area contributed by atoms with Crippen LogP contribution in [0.3, 0.4) is 0 Å². The fourth-order valence-corrected chi connectivity index (χ4v) is 4.21. The van der Waals surface area contributed by atoms with Crippen molar-refractivity contribution in [2.45, 2.75) is 45.3 Å².